The molecule has 0 radical (unpaired) electrons. The van der Waals surface area contributed by atoms with E-state index in [4.69, 9.17) is 18.5 Å². The molecule has 63 heavy (non-hydrogen) atoms. The molecule has 1 aliphatic rings. The molecule has 0 heterocycles. The molecule has 0 spiro atoms. The fraction of sp³-hybridized carbons (Fsp3) is 0.633. The number of carbonyl (C=O) groups is 2. The van der Waals surface area contributed by atoms with Crippen LogP contribution in [0, 0.1) is 0 Å². The van der Waals surface area contributed by atoms with Crippen molar-refractivity contribution < 1.29 is 63.1 Å². The van der Waals surface area contributed by atoms with Gasteiger partial charge >= 0.3 is 19.8 Å². The van der Waals surface area contributed by atoms with Crippen LogP contribution in [0.2, 0.25) is 0 Å². The molecule has 8 atom stereocenters. The second kappa shape index (κ2) is 38.1. The average Bonchev–Trinajstić information content (AvgIpc) is 3.26. The Hall–Kier alpha value is -3.23. The van der Waals surface area contributed by atoms with Crippen molar-refractivity contribution in [3.05, 3.63) is 97.2 Å². The minimum atomic E-state index is -5.15. The zero-order valence-corrected chi connectivity index (χ0v) is 38.7. The molecule has 1 saturated carbocycles. The van der Waals surface area contributed by atoms with E-state index in [9.17, 15) is 44.6 Å². The number of phosphoric acid groups is 1. The molecule has 0 aromatic carbocycles. The zero-order chi connectivity index (χ0) is 46.4. The van der Waals surface area contributed by atoms with Gasteiger partial charge in [-0.2, -0.15) is 0 Å². The van der Waals surface area contributed by atoms with Gasteiger partial charge < -0.3 is 39.9 Å². The van der Waals surface area contributed by atoms with Gasteiger partial charge in [-0.3, -0.25) is 18.6 Å². The summed E-state index contributed by atoms with van der Waals surface area (Å²) in [5.41, 5.74) is 0. The van der Waals surface area contributed by atoms with Crippen LogP contribution in [0.5, 0.6) is 0 Å². The molecule has 0 aromatic heterocycles. The fourth-order valence-corrected chi connectivity index (χ4v) is 7.13. The Balaban J connectivity index is 2.56. The molecule has 358 valence electrons. The van der Waals surface area contributed by atoms with Gasteiger partial charge in [-0.1, -0.05) is 137 Å². The van der Waals surface area contributed by atoms with Crippen LogP contribution in [0.4, 0.5) is 0 Å². The maximum absolute atomic E-state index is 12.8. The number of carbonyl (C=O) groups excluding carboxylic acids is 2. The van der Waals surface area contributed by atoms with Crippen LogP contribution in [0.3, 0.4) is 0 Å². The van der Waals surface area contributed by atoms with Gasteiger partial charge in [-0.05, 0) is 89.9 Å². The molecule has 1 aliphatic carbocycles. The van der Waals surface area contributed by atoms with Gasteiger partial charge in [0.05, 0.1) is 6.61 Å². The summed E-state index contributed by atoms with van der Waals surface area (Å²) in [4.78, 5) is 35.7. The lowest BCUT2D eigenvalue weighted by Gasteiger charge is -2.41. The van der Waals surface area contributed by atoms with E-state index in [0.29, 0.717) is 25.7 Å². The molecule has 0 aromatic rings. The van der Waals surface area contributed by atoms with Crippen molar-refractivity contribution in [2.45, 2.75) is 185 Å². The Morgan fingerprint density at radius 2 is 0.841 bits per heavy atom. The van der Waals surface area contributed by atoms with Gasteiger partial charge in [0.1, 0.15) is 43.2 Å². The van der Waals surface area contributed by atoms with E-state index in [1.54, 1.807) is 0 Å². The van der Waals surface area contributed by atoms with E-state index in [1.165, 1.54) is 38.5 Å². The van der Waals surface area contributed by atoms with Crippen molar-refractivity contribution in [2.75, 3.05) is 13.2 Å². The smallest absolute Gasteiger partial charge is 0.462 e. The van der Waals surface area contributed by atoms with E-state index in [1.807, 2.05) is 24.3 Å². The normalized spacial score (nSPS) is 22.6. The largest absolute Gasteiger partial charge is 0.472 e. The minimum Gasteiger partial charge on any atom is -0.462 e. The number of phosphoric ester groups is 1. The van der Waals surface area contributed by atoms with Crippen molar-refractivity contribution in [3.8, 4) is 0 Å². The van der Waals surface area contributed by atoms with E-state index in [-0.39, 0.29) is 12.8 Å². The first-order chi connectivity index (χ1) is 30.4. The second-order valence-electron chi connectivity index (χ2n) is 15.5. The standard InChI is InChI=1S/C49H79O13P/c1-3-5-7-9-11-13-15-17-19-21-23-25-27-29-31-33-35-37-42(50)59-39-41(40-60-63(57,58)62-49-47(55)45(53)44(52)46(54)48(49)56)61-43(51)38-36-34-32-30-28-26-24-22-20-18-16-14-12-10-8-6-4-2/h11-14,17-20,23-26,29-32,41,44-49,52-56H,3-10,15-16,21-22,27-28,33-40H2,1-2H3,(H,57,58)/b13-11-,14-12-,19-17-,20-18-,25-23-,26-24-,31-29-,32-30-/t41-,44?,45-,46+,47-,48-,49?/m1/s1. The maximum Gasteiger partial charge on any atom is 0.472 e. The number of rotatable bonds is 36. The summed E-state index contributed by atoms with van der Waals surface area (Å²) in [7, 11) is -5.15. The molecule has 1 fully saturated rings. The number of ether oxygens (including phenoxy) is 2. The Bertz CT molecular complexity index is 1470. The van der Waals surface area contributed by atoms with E-state index >= 15 is 0 Å². The van der Waals surface area contributed by atoms with E-state index < -0.39 is 75.7 Å². The first-order valence-electron chi connectivity index (χ1n) is 23.0. The quantitative estimate of drug-likeness (QED) is 0.0150. The summed E-state index contributed by atoms with van der Waals surface area (Å²) in [5, 5.41) is 50.1. The molecule has 6 N–H and O–H groups in total. The summed E-state index contributed by atoms with van der Waals surface area (Å²) < 4.78 is 33.4. The van der Waals surface area contributed by atoms with Crippen LogP contribution in [-0.2, 0) is 32.7 Å². The Labute approximate surface area is 377 Å². The predicted molar refractivity (Wildman–Crippen MR) is 248 cm³/mol. The number of hydrogen-bond acceptors (Lipinski definition) is 12. The molecule has 1 rings (SSSR count). The lowest BCUT2D eigenvalue weighted by Crippen LogP contribution is -2.64. The number of aliphatic hydroxyl groups is 5. The summed E-state index contributed by atoms with van der Waals surface area (Å²) in [6.07, 6.45) is 37.6. The highest BCUT2D eigenvalue weighted by molar-refractivity contribution is 7.47. The minimum absolute atomic E-state index is 0.00337. The Morgan fingerprint density at radius 1 is 0.492 bits per heavy atom. The average molecular weight is 907 g/mol. The molecule has 0 bridgehead atoms. The monoisotopic (exact) mass is 907 g/mol. The molecule has 0 aliphatic heterocycles. The SMILES string of the molecule is CCCCC/C=C\C/C=C\C/C=C\C/C=C\CCCC(=O)OC[C@H](COP(=O)(O)OC1[C@H](O)[C@H](O)C(O)[C@H](O)[C@H]1O)OC(=O)CCC/C=C\C/C=C\C/C=C\C/C=C\CCCCC. The van der Waals surface area contributed by atoms with Crippen LogP contribution in [0.25, 0.3) is 0 Å². The summed E-state index contributed by atoms with van der Waals surface area (Å²) in [5.74, 6) is -1.24. The van der Waals surface area contributed by atoms with Gasteiger partial charge in [0.15, 0.2) is 6.10 Å². The lowest BCUT2D eigenvalue weighted by atomic mass is 9.85. The van der Waals surface area contributed by atoms with Gasteiger partial charge in [-0.15, -0.1) is 0 Å². The van der Waals surface area contributed by atoms with Gasteiger partial charge in [0, 0.05) is 12.8 Å². The van der Waals surface area contributed by atoms with E-state index in [0.717, 1.165) is 51.4 Å². The van der Waals surface area contributed by atoms with Crippen molar-refractivity contribution in [2.24, 2.45) is 0 Å². The van der Waals surface area contributed by atoms with Crippen molar-refractivity contribution >= 4 is 19.8 Å². The Kier molecular flexibility index (Phi) is 34.9. The summed E-state index contributed by atoms with van der Waals surface area (Å²) in [6.45, 7) is 3.13. The third kappa shape index (κ3) is 30.5. The van der Waals surface area contributed by atoms with Crippen LogP contribution in [0.1, 0.15) is 142 Å². The van der Waals surface area contributed by atoms with Crippen LogP contribution >= 0.6 is 7.82 Å². The molecule has 14 heteroatoms. The highest BCUT2D eigenvalue weighted by Gasteiger charge is 2.51. The summed E-state index contributed by atoms with van der Waals surface area (Å²) >= 11 is 0. The lowest BCUT2D eigenvalue weighted by molar-refractivity contribution is -0.220. The molecular weight excluding hydrogens is 827 g/mol. The van der Waals surface area contributed by atoms with Gasteiger partial charge in [0.2, 0.25) is 0 Å². The third-order valence-electron chi connectivity index (χ3n) is 9.90. The predicted octanol–water partition coefficient (Wildman–Crippen LogP) is 9.05. The molecular formula is C49H79O13P. The third-order valence-corrected chi connectivity index (χ3v) is 10.9. The van der Waals surface area contributed by atoms with Crippen LogP contribution in [0.15, 0.2) is 97.2 Å². The number of aliphatic hydroxyl groups excluding tert-OH is 5. The number of hydrogen-bond donors (Lipinski definition) is 6. The number of unbranched alkanes of at least 4 members (excludes halogenated alkanes) is 8. The molecule has 0 amide bonds. The van der Waals surface area contributed by atoms with Gasteiger partial charge in [-0.25, -0.2) is 4.57 Å². The second-order valence-corrected chi connectivity index (χ2v) is 16.9. The van der Waals surface area contributed by atoms with Gasteiger partial charge in [0.25, 0.3) is 0 Å². The fourth-order valence-electron chi connectivity index (χ4n) is 6.15. The number of allylic oxidation sites excluding steroid dienone is 16. The maximum atomic E-state index is 12.8. The molecule has 0 saturated heterocycles. The number of esters is 2. The van der Waals surface area contributed by atoms with E-state index in [2.05, 4.69) is 86.8 Å². The first-order valence-corrected chi connectivity index (χ1v) is 24.5. The molecule has 3 unspecified atom stereocenters. The summed E-state index contributed by atoms with van der Waals surface area (Å²) in [6, 6.07) is 0. The van der Waals surface area contributed by atoms with Crippen molar-refractivity contribution in [1.29, 1.82) is 0 Å². The topological polar surface area (TPSA) is 210 Å². The zero-order valence-electron chi connectivity index (χ0n) is 37.8. The van der Waals surface area contributed by atoms with Crippen LogP contribution < -0.4 is 0 Å². The van der Waals surface area contributed by atoms with Crippen molar-refractivity contribution in [3.63, 3.8) is 0 Å². The highest BCUT2D eigenvalue weighted by atomic mass is 31.2. The molecule has 13 nitrogen and oxygen atoms in total. The first kappa shape index (κ1) is 57.8. The van der Waals surface area contributed by atoms with Crippen molar-refractivity contribution in [1.82, 2.24) is 0 Å². The van der Waals surface area contributed by atoms with Crippen LogP contribution in [-0.4, -0.2) is 98.3 Å². The Morgan fingerprint density at radius 3 is 1.24 bits per heavy atom. The highest BCUT2D eigenvalue weighted by Crippen LogP contribution is 2.47.